The minimum atomic E-state index is -0.452. The number of anilines is 1. The maximum Gasteiger partial charge on any atom is 0.316 e. The van der Waals surface area contributed by atoms with Gasteiger partial charge in [-0.05, 0) is 17.7 Å². The normalized spacial score (nSPS) is 10.3. The SMILES string of the molecule is COC(=O)CSc1cncc(NCc2ccc(F)c(Cl)c2)n1. The van der Waals surface area contributed by atoms with E-state index in [2.05, 4.69) is 20.0 Å². The van der Waals surface area contributed by atoms with E-state index in [4.69, 9.17) is 11.6 Å². The molecular formula is C14H13ClFN3O2S. The molecule has 2 rings (SSSR count). The van der Waals surface area contributed by atoms with E-state index in [1.54, 1.807) is 24.5 Å². The smallest absolute Gasteiger partial charge is 0.316 e. The lowest BCUT2D eigenvalue weighted by molar-refractivity contribution is -0.137. The number of ether oxygens (including phenoxy) is 1. The van der Waals surface area contributed by atoms with Crippen LogP contribution in [0.3, 0.4) is 0 Å². The molecule has 1 heterocycles. The molecule has 116 valence electrons. The van der Waals surface area contributed by atoms with Crippen molar-refractivity contribution in [2.75, 3.05) is 18.2 Å². The van der Waals surface area contributed by atoms with Crippen LogP contribution in [0, 0.1) is 5.82 Å². The summed E-state index contributed by atoms with van der Waals surface area (Å²) in [5.74, 6) is -0.0600. The zero-order valence-corrected chi connectivity index (χ0v) is 13.2. The van der Waals surface area contributed by atoms with E-state index < -0.39 is 5.82 Å². The second-order valence-electron chi connectivity index (χ2n) is 4.21. The average molecular weight is 342 g/mol. The minimum absolute atomic E-state index is 0.0766. The van der Waals surface area contributed by atoms with Gasteiger partial charge in [0.15, 0.2) is 0 Å². The lowest BCUT2D eigenvalue weighted by Gasteiger charge is -2.07. The number of carbonyl (C=O) groups is 1. The van der Waals surface area contributed by atoms with Crippen LogP contribution < -0.4 is 5.32 Å². The first-order chi connectivity index (χ1) is 10.6. The van der Waals surface area contributed by atoms with Gasteiger partial charge in [-0.2, -0.15) is 0 Å². The van der Waals surface area contributed by atoms with Crippen LogP contribution in [-0.4, -0.2) is 28.8 Å². The van der Waals surface area contributed by atoms with Crippen molar-refractivity contribution in [2.24, 2.45) is 0 Å². The Hall–Kier alpha value is -1.86. The van der Waals surface area contributed by atoms with E-state index in [-0.39, 0.29) is 16.7 Å². The van der Waals surface area contributed by atoms with E-state index in [9.17, 15) is 9.18 Å². The van der Waals surface area contributed by atoms with Gasteiger partial charge in [0.1, 0.15) is 16.7 Å². The Morgan fingerprint density at radius 1 is 1.45 bits per heavy atom. The number of hydrogen-bond donors (Lipinski definition) is 1. The summed E-state index contributed by atoms with van der Waals surface area (Å²) in [7, 11) is 1.33. The number of aromatic nitrogens is 2. The first kappa shape index (κ1) is 16.5. The first-order valence-corrected chi connectivity index (χ1v) is 7.64. The third-order valence-corrected chi connectivity index (χ3v) is 3.80. The Balaban J connectivity index is 1.95. The van der Waals surface area contributed by atoms with Crippen molar-refractivity contribution >= 4 is 35.1 Å². The number of nitrogens with zero attached hydrogens (tertiary/aromatic N) is 2. The lowest BCUT2D eigenvalue weighted by Crippen LogP contribution is -2.05. The number of methoxy groups -OCH3 is 1. The zero-order chi connectivity index (χ0) is 15.9. The molecule has 0 fully saturated rings. The molecule has 1 aromatic carbocycles. The fraction of sp³-hybridized carbons (Fsp3) is 0.214. The standard InChI is InChI=1S/C14H13ClFN3O2S/c1-21-14(20)8-22-13-7-17-6-12(19-13)18-5-9-2-3-11(16)10(15)4-9/h2-4,6-7H,5,8H2,1H3,(H,18,19). The molecule has 0 bridgehead atoms. The summed E-state index contributed by atoms with van der Waals surface area (Å²) < 4.78 is 17.6. The predicted octanol–water partition coefficient (Wildman–Crippen LogP) is 3.15. The molecule has 0 radical (unpaired) electrons. The van der Waals surface area contributed by atoms with Crippen molar-refractivity contribution in [1.29, 1.82) is 0 Å². The third kappa shape index (κ3) is 4.85. The topological polar surface area (TPSA) is 64.1 Å². The molecule has 0 aliphatic heterocycles. The van der Waals surface area contributed by atoms with Gasteiger partial charge in [-0.15, -0.1) is 0 Å². The number of benzene rings is 1. The van der Waals surface area contributed by atoms with Gasteiger partial charge in [0.25, 0.3) is 0 Å². The molecule has 0 saturated heterocycles. The van der Waals surface area contributed by atoms with Crippen molar-refractivity contribution in [3.8, 4) is 0 Å². The molecule has 0 aliphatic rings. The van der Waals surface area contributed by atoms with Gasteiger partial charge < -0.3 is 10.1 Å². The molecule has 0 aliphatic carbocycles. The van der Waals surface area contributed by atoms with Crippen LogP contribution in [0.1, 0.15) is 5.56 Å². The van der Waals surface area contributed by atoms with E-state index in [1.807, 2.05) is 0 Å². The Bertz CT molecular complexity index is 672. The Kier molecular flexibility index (Phi) is 5.97. The number of hydrogen-bond acceptors (Lipinski definition) is 6. The number of carbonyl (C=O) groups excluding carboxylic acids is 1. The van der Waals surface area contributed by atoms with E-state index >= 15 is 0 Å². The molecule has 0 amide bonds. The van der Waals surface area contributed by atoms with Gasteiger partial charge in [-0.1, -0.05) is 29.4 Å². The minimum Gasteiger partial charge on any atom is -0.468 e. The summed E-state index contributed by atoms with van der Waals surface area (Å²) >= 11 is 6.96. The second kappa shape index (κ2) is 7.95. The largest absolute Gasteiger partial charge is 0.468 e. The van der Waals surface area contributed by atoms with Gasteiger partial charge in [0, 0.05) is 6.54 Å². The van der Waals surface area contributed by atoms with Crippen molar-refractivity contribution in [3.05, 3.63) is 47.0 Å². The van der Waals surface area contributed by atoms with Gasteiger partial charge in [-0.25, -0.2) is 9.37 Å². The number of esters is 1. The van der Waals surface area contributed by atoms with Gasteiger partial charge in [0.05, 0.1) is 30.3 Å². The van der Waals surface area contributed by atoms with Crippen molar-refractivity contribution in [1.82, 2.24) is 9.97 Å². The Labute approximate surface area is 136 Å². The zero-order valence-electron chi connectivity index (χ0n) is 11.7. The molecular weight excluding hydrogens is 329 g/mol. The highest BCUT2D eigenvalue weighted by atomic mass is 35.5. The van der Waals surface area contributed by atoms with Crippen molar-refractivity contribution in [3.63, 3.8) is 0 Å². The van der Waals surface area contributed by atoms with E-state index in [1.165, 1.54) is 24.9 Å². The van der Waals surface area contributed by atoms with Crippen LogP contribution >= 0.6 is 23.4 Å². The molecule has 2 aromatic rings. The number of thioether (sulfide) groups is 1. The Morgan fingerprint density at radius 2 is 2.27 bits per heavy atom. The maximum absolute atomic E-state index is 13.1. The van der Waals surface area contributed by atoms with Crippen LogP contribution in [0.5, 0.6) is 0 Å². The summed E-state index contributed by atoms with van der Waals surface area (Å²) in [6.07, 6.45) is 3.13. The van der Waals surface area contributed by atoms with Crippen LogP contribution in [0.15, 0.2) is 35.6 Å². The summed E-state index contributed by atoms with van der Waals surface area (Å²) in [6.45, 7) is 0.430. The van der Waals surface area contributed by atoms with Crippen molar-refractivity contribution in [2.45, 2.75) is 11.6 Å². The quantitative estimate of drug-likeness (QED) is 0.643. The monoisotopic (exact) mass is 341 g/mol. The molecule has 0 saturated carbocycles. The maximum atomic E-state index is 13.1. The summed E-state index contributed by atoms with van der Waals surface area (Å²) in [5.41, 5.74) is 0.820. The molecule has 5 nitrogen and oxygen atoms in total. The number of halogens is 2. The fourth-order valence-electron chi connectivity index (χ4n) is 1.54. The highest BCUT2D eigenvalue weighted by molar-refractivity contribution is 7.99. The molecule has 1 aromatic heterocycles. The van der Waals surface area contributed by atoms with Crippen molar-refractivity contribution < 1.29 is 13.9 Å². The van der Waals surface area contributed by atoms with E-state index in [0.717, 1.165) is 5.56 Å². The first-order valence-electron chi connectivity index (χ1n) is 6.28. The van der Waals surface area contributed by atoms with Gasteiger partial charge >= 0.3 is 5.97 Å². The summed E-state index contributed by atoms with van der Waals surface area (Å²) in [6, 6.07) is 4.50. The van der Waals surface area contributed by atoms with Gasteiger partial charge in [-0.3, -0.25) is 9.78 Å². The predicted molar refractivity (Wildman–Crippen MR) is 83.5 cm³/mol. The second-order valence-corrected chi connectivity index (χ2v) is 5.61. The number of rotatable bonds is 6. The Morgan fingerprint density at radius 3 is 3.00 bits per heavy atom. The summed E-state index contributed by atoms with van der Waals surface area (Å²) in [5, 5.41) is 3.75. The highest BCUT2D eigenvalue weighted by Gasteiger charge is 2.05. The molecule has 0 unspecified atom stereocenters. The van der Waals surface area contributed by atoms with Crippen LogP contribution in [0.2, 0.25) is 5.02 Å². The average Bonchev–Trinajstić information content (AvgIpc) is 2.54. The molecule has 22 heavy (non-hydrogen) atoms. The summed E-state index contributed by atoms with van der Waals surface area (Å²) in [4.78, 5) is 19.4. The molecule has 0 atom stereocenters. The highest BCUT2D eigenvalue weighted by Crippen LogP contribution is 2.18. The molecule has 1 N–H and O–H groups in total. The third-order valence-electron chi connectivity index (χ3n) is 2.64. The lowest BCUT2D eigenvalue weighted by atomic mass is 10.2. The molecule has 0 spiro atoms. The number of nitrogens with one attached hydrogen (secondary N) is 1. The fourth-order valence-corrected chi connectivity index (χ4v) is 2.42. The van der Waals surface area contributed by atoms with Crippen LogP contribution in [0.4, 0.5) is 10.2 Å². The van der Waals surface area contributed by atoms with E-state index in [0.29, 0.717) is 17.4 Å². The molecule has 8 heteroatoms. The van der Waals surface area contributed by atoms with Gasteiger partial charge in [0.2, 0.25) is 0 Å². The van der Waals surface area contributed by atoms with Crippen LogP contribution in [-0.2, 0) is 16.1 Å². The van der Waals surface area contributed by atoms with Crippen LogP contribution in [0.25, 0.3) is 0 Å².